The first kappa shape index (κ1) is 17.2. The van der Waals surface area contributed by atoms with Crippen molar-refractivity contribution in [3.05, 3.63) is 68.3 Å². The maximum absolute atomic E-state index is 12.7. The maximum atomic E-state index is 12.7. The fourth-order valence-electron chi connectivity index (χ4n) is 2.71. The molecule has 4 rings (SSSR count). The van der Waals surface area contributed by atoms with Crippen LogP contribution in [0.4, 0.5) is 0 Å². The highest BCUT2D eigenvalue weighted by atomic mass is 32.2. The number of hydrogen-bond donors (Lipinski definition) is 2. The molecular formula is C17H15N7O2S. The third-order valence-corrected chi connectivity index (χ3v) is 4.72. The second-order valence-electron chi connectivity index (χ2n) is 5.93. The SMILES string of the molecule is Cc1cc(C)nc(-n2[nH]c3[nH]c(CSc4ncccn4)cc(=O)c3c2=O)n1. The highest BCUT2D eigenvalue weighted by molar-refractivity contribution is 7.98. The average molecular weight is 381 g/mol. The van der Waals surface area contributed by atoms with Gasteiger partial charge >= 0.3 is 0 Å². The summed E-state index contributed by atoms with van der Waals surface area (Å²) in [5, 5.41) is 3.55. The van der Waals surface area contributed by atoms with E-state index >= 15 is 0 Å². The van der Waals surface area contributed by atoms with E-state index < -0.39 is 5.56 Å². The Kier molecular flexibility index (Phi) is 4.32. The summed E-state index contributed by atoms with van der Waals surface area (Å²) in [7, 11) is 0. The van der Waals surface area contributed by atoms with Gasteiger partial charge in [-0.3, -0.25) is 14.7 Å². The first-order valence-electron chi connectivity index (χ1n) is 8.10. The average Bonchev–Trinajstić information content (AvgIpc) is 2.97. The Labute approximate surface area is 156 Å². The molecule has 0 fully saturated rings. The van der Waals surface area contributed by atoms with Gasteiger partial charge in [-0.25, -0.2) is 19.9 Å². The molecule has 2 N–H and O–H groups in total. The van der Waals surface area contributed by atoms with Gasteiger partial charge in [-0.1, -0.05) is 11.8 Å². The topological polar surface area (TPSA) is 122 Å². The van der Waals surface area contributed by atoms with Crippen LogP contribution in [0.2, 0.25) is 0 Å². The molecule has 0 aromatic carbocycles. The van der Waals surface area contributed by atoms with E-state index in [0.717, 1.165) is 11.4 Å². The number of nitrogens with one attached hydrogen (secondary N) is 2. The van der Waals surface area contributed by atoms with Crippen LogP contribution in [0.15, 0.2) is 45.3 Å². The third-order valence-electron chi connectivity index (χ3n) is 3.80. The summed E-state index contributed by atoms with van der Waals surface area (Å²) in [6, 6.07) is 4.96. The van der Waals surface area contributed by atoms with Crippen LogP contribution >= 0.6 is 11.8 Å². The lowest BCUT2D eigenvalue weighted by molar-refractivity contribution is 0.777. The van der Waals surface area contributed by atoms with Crippen molar-refractivity contribution in [1.82, 2.24) is 34.7 Å². The zero-order valence-corrected chi connectivity index (χ0v) is 15.4. The molecule has 0 bridgehead atoms. The van der Waals surface area contributed by atoms with Gasteiger partial charge in [-0.05, 0) is 26.0 Å². The summed E-state index contributed by atoms with van der Waals surface area (Å²) in [6.45, 7) is 3.63. The van der Waals surface area contributed by atoms with Crippen molar-refractivity contribution in [1.29, 1.82) is 0 Å². The van der Waals surface area contributed by atoms with E-state index in [1.807, 2.05) is 19.9 Å². The van der Waals surface area contributed by atoms with Crippen LogP contribution in [0.5, 0.6) is 0 Å². The van der Waals surface area contributed by atoms with Gasteiger partial charge in [0.1, 0.15) is 11.0 Å². The van der Waals surface area contributed by atoms with Gasteiger partial charge in [0.15, 0.2) is 10.6 Å². The Morgan fingerprint density at radius 2 is 1.78 bits per heavy atom. The van der Waals surface area contributed by atoms with Crippen molar-refractivity contribution in [2.45, 2.75) is 24.8 Å². The molecule has 0 aliphatic heterocycles. The largest absolute Gasteiger partial charge is 0.343 e. The number of H-pyrrole nitrogens is 2. The predicted octanol–water partition coefficient (Wildman–Crippen LogP) is 1.50. The van der Waals surface area contributed by atoms with Crippen LogP contribution in [0.1, 0.15) is 17.1 Å². The number of thioether (sulfide) groups is 1. The monoisotopic (exact) mass is 381 g/mol. The zero-order chi connectivity index (χ0) is 19.0. The summed E-state index contributed by atoms with van der Waals surface area (Å²) in [4.78, 5) is 45.0. The first-order valence-corrected chi connectivity index (χ1v) is 9.09. The van der Waals surface area contributed by atoms with E-state index in [-0.39, 0.29) is 16.8 Å². The molecule has 136 valence electrons. The van der Waals surface area contributed by atoms with Crippen LogP contribution < -0.4 is 11.0 Å². The first-order chi connectivity index (χ1) is 13.0. The molecule has 0 amide bonds. The highest BCUT2D eigenvalue weighted by Gasteiger charge is 2.15. The number of fused-ring (bicyclic) bond motifs is 1. The van der Waals surface area contributed by atoms with Crippen molar-refractivity contribution in [2.75, 3.05) is 0 Å². The van der Waals surface area contributed by atoms with Crippen molar-refractivity contribution in [3.8, 4) is 5.95 Å². The molecule has 0 unspecified atom stereocenters. The molecule has 27 heavy (non-hydrogen) atoms. The lowest BCUT2D eigenvalue weighted by Crippen LogP contribution is -2.20. The molecule has 10 heteroatoms. The summed E-state index contributed by atoms with van der Waals surface area (Å²) in [5.74, 6) is 0.665. The molecule has 4 aromatic rings. The van der Waals surface area contributed by atoms with Crippen LogP contribution in [-0.2, 0) is 5.75 Å². The molecule has 0 aliphatic rings. The normalized spacial score (nSPS) is 11.2. The number of rotatable bonds is 4. The standard InChI is InChI=1S/C17H15N7O2S/c1-9-6-10(2)21-16(20-9)24-15(26)13-12(25)7-11(22-14(13)23-24)8-27-17-18-4-3-5-19-17/h3-7H,8H2,1-2H3,(H2,22,23,25). The fraction of sp³-hybridized carbons (Fsp3) is 0.176. The lowest BCUT2D eigenvalue weighted by Gasteiger charge is -2.02. The predicted molar refractivity (Wildman–Crippen MR) is 101 cm³/mol. The van der Waals surface area contributed by atoms with Gasteiger partial charge in [0.05, 0.1) is 0 Å². The minimum Gasteiger partial charge on any atom is -0.343 e. The number of nitrogens with zero attached hydrogens (tertiary/aromatic N) is 5. The Hall–Kier alpha value is -3.27. The van der Waals surface area contributed by atoms with Crippen molar-refractivity contribution in [3.63, 3.8) is 0 Å². The van der Waals surface area contributed by atoms with Crippen molar-refractivity contribution < 1.29 is 0 Å². The number of hydrogen-bond acceptors (Lipinski definition) is 7. The van der Waals surface area contributed by atoms with E-state index in [1.54, 1.807) is 18.5 Å². The Balaban J connectivity index is 1.75. The molecule has 4 aromatic heterocycles. The van der Waals surface area contributed by atoms with Crippen LogP contribution in [0, 0.1) is 13.8 Å². The van der Waals surface area contributed by atoms with Crippen molar-refractivity contribution >= 4 is 22.8 Å². The molecule has 9 nitrogen and oxygen atoms in total. The zero-order valence-electron chi connectivity index (χ0n) is 14.6. The minimum absolute atomic E-state index is 0.0440. The molecule has 0 aliphatic carbocycles. The van der Waals surface area contributed by atoms with Crippen molar-refractivity contribution in [2.24, 2.45) is 0 Å². The number of pyridine rings is 1. The van der Waals surface area contributed by atoms with Crippen LogP contribution in [0.25, 0.3) is 17.0 Å². The lowest BCUT2D eigenvalue weighted by atomic mass is 10.3. The number of aromatic amines is 2. The summed E-state index contributed by atoms with van der Waals surface area (Å²) in [5.41, 5.74) is 1.60. The number of aryl methyl sites for hydroxylation is 2. The second kappa shape index (κ2) is 6.80. The van der Waals surface area contributed by atoms with E-state index in [1.165, 1.54) is 22.5 Å². The van der Waals surface area contributed by atoms with Gasteiger partial charge < -0.3 is 4.98 Å². The molecule has 0 atom stereocenters. The second-order valence-corrected chi connectivity index (χ2v) is 6.87. The maximum Gasteiger partial charge on any atom is 0.287 e. The van der Waals surface area contributed by atoms with E-state index in [4.69, 9.17) is 0 Å². The summed E-state index contributed by atoms with van der Waals surface area (Å²) < 4.78 is 1.18. The van der Waals surface area contributed by atoms with E-state index in [9.17, 15) is 9.59 Å². The molecule has 0 saturated carbocycles. The molecular weight excluding hydrogens is 366 g/mol. The molecule has 0 spiro atoms. The van der Waals surface area contributed by atoms with Gasteiger partial charge in [0, 0.05) is 41.3 Å². The Morgan fingerprint density at radius 3 is 2.48 bits per heavy atom. The minimum atomic E-state index is -0.484. The summed E-state index contributed by atoms with van der Waals surface area (Å²) in [6.07, 6.45) is 3.31. The Bertz CT molecular complexity index is 1220. The van der Waals surface area contributed by atoms with Gasteiger partial charge in [-0.15, -0.1) is 0 Å². The highest BCUT2D eigenvalue weighted by Crippen LogP contribution is 2.17. The van der Waals surface area contributed by atoms with Gasteiger partial charge in [0.2, 0.25) is 0 Å². The molecule has 0 radical (unpaired) electrons. The van der Waals surface area contributed by atoms with Crippen LogP contribution in [0.3, 0.4) is 0 Å². The smallest absolute Gasteiger partial charge is 0.287 e. The quantitative estimate of drug-likeness (QED) is 0.406. The summed E-state index contributed by atoms with van der Waals surface area (Å²) >= 11 is 1.39. The fourth-order valence-corrected chi connectivity index (χ4v) is 3.42. The molecule has 4 heterocycles. The number of aromatic nitrogens is 7. The van der Waals surface area contributed by atoms with Gasteiger partial charge in [0.25, 0.3) is 11.5 Å². The Morgan fingerprint density at radius 1 is 1.07 bits per heavy atom. The third kappa shape index (κ3) is 3.38. The van der Waals surface area contributed by atoms with Crippen LogP contribution in [-0.4, -0.2) is 34.7 Å². The molecule has 0 saturated heterocycles. The van der Waals surface area contributed by atoms with Gasteiger partial charge in [-0.2, -0.15) is 4.68 Å². The van der Waals surface area contributed by atoms with E-state index in [2.05, 4.69) is 30.0 Å². The van der Waals surface area contributed by atoms with E-state index in [0.29, 0.717) is 22.3 Å².